The van der Waals surface area contributed by atoms with Crippen molar-refractivity contribution in [3.63, 3.8) is 0 Å². The second kappa shape index (κ2) is 7.95. The molecule has 0 radical (unpaired) electrons. The lowest BCUT2D eigenvalue weighted by atomic mass is 9.90. The van der Waals surface area contributed by atoms with Crippen LogP contribution in [0.15, 0.2) is 42.7 Å². The van der Waals surface area contributed by atoms with Gasteiger partial charge in [0.25, 0.3) is 5.91 Å². The molecule has 0 saturated carbocycles. The summed E-state index contributed by atoms with van der Waals surface area (Å²) >= 11 is 0. The first-order valence-corrected chi connectivity index (χ1v) is 9.55. The van der Waals surface area contributed by atoms with Gasteiger partial charge in [-0.1, -0.05) is 0 Å². The lowest BCUT2D eigenvalue weighted by Gasteiger charge is -2.32. The minimum Gasteiger partial charge on any atom is -0.508 e. The molecule has 4 rings (SSSR count). The predicted octanol–water partition coefficient (Wildman–Crippen LogP) is 3.37. The SMILES string of the molecule is COc1cc2ncnc(C3CCN(C(=O)c4ccc(O)cc4)CC3)c2cc1OC. The Kier molecular flexibility index (Phi) is 5.20. The fourth-order valence-electron chi connectivity index (χ4n) is 3.87. The highest BCUT2D eigenvalue weighted by atomic mass is 16.5. The molecule has 0 atom stereocenters. The molecule has 0 unspecified atom stereocenters. The van der Waals surface area contributed by atoms with Crippen LogP contribution in [0.5, 0.6) is 17.2 Å². The highest BCUT2D eigenvalue weighted by Crippen LogP contribution is 2.36. The Morgan fingerprint density at radius 1 is 1.03 bits per heavy atom. The van der Waals surface area contributed by atoms with E-state index in [0.29, 0.717) is 30.2 Å². The van der Waals surface area contributed by atoms with Gasteiger partial charge >= 0.3 is 0 Å². The van der Waals surface area contributed by atoms with Gasteiger partial charge in [-0.05, 0) is 43.2 Å². The number of nitrogens with zero attached hydrogens (tertiary/aromatic N) is 3. The largest absolute Gasteiger partial charge is 0.508 e. The molecular formula is C22H23N3O4. The van der Waals surface area contributed by atoms with Gasteiger partial charge < -0.3 is 19.5 Å². The minimum atomic E-state index is -0.0117. The standard InChI is InChI=1S/C22H23N3O4/c1-28-19-11-17-18(12-20(19)29-2)23-13-24-21(17)14-7-9-25(10-8-14)22(27)15-3-5-16(26)6-4-15/h3-6,11-14,26H,7-10H2,1-2H3. The summed E-state index contributed by atoms with van der Waals surface area (Å²) < 4.78 is 10.8. The summed E-state index contributed by atoms with van der Waals surface area (Å²) in [5.74, 6) is 1.67. The normalized spacial score (nSPS) is 14.8. The third-order valence-corrected chi connectivity index (χ3v) is 5.45. The van der Waals surface area contributed by atoms with Gasteiger partial charge in [-0.25, -0.2) is 9.97 Å². The summed E-state index contributed by atoms with van der Waals surface area (Å²) in [6, 6.07) is 10.2. The van der Waals surface area contributed by atoms with Crippen LogP contribution in [-0.2, 0) is 0 Å². The number of aromatic nitrogens is 2. The van der Waals surface area contributed by atoms with Crippen LogP contribution >= 0.6 is 0 Å². The molecule has 1 saturated heterocycles. The highest BCUT2D eigenvalue weighted by molar-refractivity contribution is 5.94. The molecule has 3 aromatic rings. The highest BCUT2D eigenvalue weighted by Gasteiger charge is 2.27. The van der Waals surface area contributed by atoms with Crippen LogP contribution in [0.1, 0.15) is 34.8 Å². The van der Waals surface area contributed by atoms with E-state index in [1.165, 1.54) is 12.1 Å². The van der Waals surface area contributed by atoms with Gasteiger partial charge in [0.1, 0.15) is 12.1 Å². The Bertz CT molecular complexity index is 1030. The van der Waals surface area contributed by atoms with E-state index in [9.17, 15) is 9.90 Å². The lowest BCUT2D eigenvalue weighted by molar-refractivity contribution is 0.0712. The summed E-state index contributed by atoms with van der Waals surface area (Å²) in [7, 11) is 3.22. The number of hydrogen-bond donors (Lipinski definition) is 1. The number of methoxy groups -OCH3 is 2. The Morgan fingerprint density at radius 3 is 2.34 bits per heavy atom. The molecule has 29 heavy (non-hydrogen) atoms. The number of benzene rings is 2. The topological polar surface area (TPSA) is 84.8 Å². The van der Waals surface area contributed by atoms with Crippen molar-refractivity contribution in [3.05, 3.63) is 54.0 Å². The molecule has 1 fully saturated rings. The fourth-order valence-corrected chi connectivity index (χ4v) is 3.87. The third-order valence-electron chi connectivity index (χ3n) is 5.45. The number of amides is 1. The van der Waals surface area contributed by atoms with E-state index in [4.69, 9.17) is 9.47 Å². The van der Waals surface area contributed by atoms with Crippen molar-refractivity contribution in [2.75, 3.05) is 27.3 Å². The number of carbonyl (C=O) groups excluding carboxylic acids is 1. The van der Waals surface area contributed by atoms with E-state index in [-0.39, 0.29) is 17.6 Å². The number of likely N-dealkylation sites (tertiary alicyclic amines) is 1. The number of aromatic hydroxyl groups is 1. The lowest BCUT2D eigenvalue weighted by Crippen LogP contribution is -2.38. The van der Waals surface area contributed by atoms with E-state index >= 15 is 0 Å². The summed E-state index contributed by atoms with van der Waals surface area (Å²) in [6.07, 6.45) is 3.23. The molecule has 1 amide bonds. The fraction of sp³-hybridized carbons (Fsp3) is 0.318. The van der Waals surface area contributed by atoms with E-state index in [2.05, 4.69) is 9.97 Å². The van der Waals surface area contributed by atoms with E-state index in [1.807, 2.05) is 17.0 Å². The van der Waals surface area contributed by atoms with Crippen LogP contribution in [0.4, 0.5) is 0 Å². The smallest absolute Gasteiger partial charge is 0.253 e. The minimum absolute atomic E-state index is 0.0117. The van der Waals surface area contributed by atoms with Gasteiger partial charge in [0.15, 0.2) is 11.5 Å². The molecule has 2 heterocycles. The van der Waals surface area contributed by atoms with Crippen molar-refractivity contribution >= 4 is 16.8 Å². The molecular weight excluding hydrogens is 370 g/mol. The van der Waals surface area contributed by atoms with Crippen LogP contribution in [0, 0.1) is 0 Å². The van der Waals surface area contributed by atoms with Crippen molar-refractivity contribution < 1.29 is 19.4 Å². The van der Waals surface area contributed by atoms with Gasteiger partial charge in [-0.15, -0.1) is 0 Å². The maximum Gasteiger partial charge on any atom is 0.253 e. The molecule has 7 heteroatoms. The number of piperidine rings is 1. The number of ether oxygens (including phenoxy) is 2. The molecule has 150 valence electrons. The summed E-state index contributed by atoms with van der Waals surface area (Å²) in [4.78, 5) is 23.5. The molecule has 7 nitrogen and oxygen atoms in total. The van der Waals surface area contributed by atoms with Gasteiger partial charge in [0.2, 0.25) is 0 Å². The van der Waals surface area contributed by atoms with E-state index in [1.54, 1.807) is 32.7 Å². The Labute approximate surface area is 168 Å². The van der Waals surface area contributed by atoms with Crippen LogP contribution in [-0.4, -0.2) is 53.2 Å². The van der Waals surface area contributed by atoms with Gasteiger partial charge in [-0.2, -0.15) is 0 Å². The van der Waals surface area contributed by atoms with Crippen LogP contribution in [0.3, 0.4) is 0 Å². The average molecular weight is 393 g/mol. The third kappa shape index (κ3) is 3.68. The zero-order valence-electron chi connectivity index (χ0n) is 16.5. The van der Waals surface area contributed by atoms with Crippen molar-refractivity contribution in [2.45, 2.75) is 18.8 Å². The van der Waals surface area contributed by atoms with Crippen molar-refractivity contribution in [1.29, 1.82) is 0 Å². The molecule has 2 aromatic carbocycles. The molecule has 1 aromatic heterocycles. The Morgan fingerprint density at radius 2 is 1.69 bits per heavy atom. The van der Waals surface area contributed by atoms with Crippen LogP contribution < -0.4 is 9.47 Å². The summed E-state index contributed by atoms with van der Waals surface area (Å²) in [5, 5.41) is 10.4. The average Bonchev–Trinajstić information content (AvgIpc) is 2.77. The first kappa shape index (κ1) is 19.0. The number of fused-ring (bicyclic) bond motifs is 1. The first-order valence-electron chi connectivity index (χ1n) is 9.55. The quantitative estimate of drug-likeness (QED) is 0.732. The van der Waals surface area contributed by atoms with Crippen molar-refractivity contribution in [1.82, 2.24) is 14.9 Å². The van der Waals surface area contributed by atoms with Gasteiger partial charge in [0, 0.05) is 36.0 Å². The van der Waals surface area contributed by atoms with Crippen LogP contribution in [0.25, 0.3) is 10.9 Å². The second-order valence-electron chi connectivity index (χ2n) is 7.10. The summed E-state index contributed by atoms with van der Waals surface area (Å²) in [6.45, 7) is 1.31. The molecule has 1 aliphatic rings. The molecule has 0 aliphatic carbocycles. The zero-order valence-corrected chi connectivity index (χ0v) is 16.5. The maximum atomic E-state index is 12.7. The molecule has 1 aliphatic heterocycles. The first-order chi connectivity index (χ1) is 14.1. The molecule has 0 bridgehead atoms. The van der Waals surface area contributed by atoms with E-state index in [0.717, 1.165) is 29.4 Å². The molecule has 0 spiro atoms. The summed E-state index contributed by atoms with van der Waals surface area (Å²) in [5.41, 5.74) is 2.38. The Balaban J connectivity index is 1.54. The monoisotopic (exact) mass is 393 g/mol. The predicted molar refractivity (Wildman–Crippen MR) is 109 cm³/mol. The van der Waals surface area contributed by atoms with Crippen molar-refractivity contribution in [2.24, 2.45) is 0 Å². The number of phenolic OH excluding ortho intramolecular Hbond substituents is 1. The number of carbonyl (C=O) groups is 1. The zero-order chi connectivity index (χ0) is 20.4. The molecule has 1 N–H and O–H groups in total. The van der Waals surface area contributed by atoms with Crippen molar-refractivity contribution in [3.8, 4) is 17.2 Å². The number of rotatable bonds is 4. The Hall–Kier alpha value is -3.35. The van der Waals surface area contributed by atoms with Crippen LogP contribution in [0.2, 0.25) is 0 Å². The number of phenols is 1. The van der Waals surface area contributed by atoms with Gasteiger partial charge in [0.05, 0.1) is 25.4 Å². The number of hydrogen-bond acceptors (Lipinski definition) is 6. The second-order valence-corrected chi connectivity index (χ2v) is 7.10. The van der Waals surface area contributed by atoms with E-state index < -0.39 is 0 Å². The van der Waals surface area contributed by atoms with Gasteiger partial charge in [-0.3, -0.25) is 4.79 Å². The maximum absolute atomic E-state index is 12.7.